The van der Waals surface area contributed by atoms with Gasteiger partial charge in [-0.15, -0.1) is 0 Å². The van der Waals surface area contributed by atoms with Crippen LogP contribution in [0.4, 0.5) is 5.82 Å². The van der Waals surface area contributed by atoms with Crippen molar-refractivity contribution in [3.63, 3.8) is 0 Å². The lowest BCUT2D eigenvalue weighted by Gasteiger charge is -2.25. The van der Waals surface area contributed by atoms with Crippen LogP contribution in [0.3, 0.4) is 0 Å². The number of hydrogen-bond acceptors (Lipinski definition) is 6. The van der Waals surface area contributed by atoms with Gasteiger partial charge in [0.25, 0.3) is 5.91 Å². The number of anilines is 1. The maximum Gasteiger partial charge on any atom is 0.260 e. The summed E-state index contributed by atoms with van der Waals surface area (Å²) in [6, 6.07) is 0.142. The van der Waals surface area contributed by atoms with E-state index in [-0.39, 0.29) is 17.9 Å². The van der Waals surface area contributed by atoms with Gasteiger partial charge in [-0.2, -0.15) is 0 Å². The number of nitrogens with two attached hydrogens (primary N) is 1. The first-order valence-corrected chi connectivity index (χ1v) is 10.3. The Morgan fingerprint density at radius 1 is 1.21 bits per heavy atom. The molecule has 8 nitrogen and oxygen atoms in total. The van der Waals surface area contributed by atoms with Gasteiger partial charge in [0, 0.05) is 29.8 Å². The van der Waals surface area contributed by atoms with Crippen molar-refractivity contribution in [1.29, 1.82) is 0 Å². The number of carbonyl (C=O) groups excluding carboxylic acids is 1. The van der Waals surface area contributed by atoms with E-state index >= 15 is 0 Å². The van der Waals surface area contributed by atoms with E-state index < -0.39 is 0 Å². The van der Waals surface area contributed by atoms with E-state index in [0.717, 1.165) is 35.1 Å². The Balaban J connectivity index is 1.87. The number of aromatic nitrogens is 4. The summed E-state index contributed by atoms with van der Waals surface area (Å²) in [4.78, 5) is 24.3. The van der Waals surface area contributed by atoms with Gasteiger partial charge in [0.05, 0.1) is 11.9 Å². The first-order chi connectivity index (χ1) is 13.9. The summed E-state index contributed by atoms with van der Waals surface area (Å²) >= 11 is 0. The van der Waals surface area contributed by atoms with Gasteiger partial charge in [0.15, 0.2) is 5.76 Å². The molecule has 152 valence electrons. The summed E-state index contributed by atoms with van der Waals surface area (Å²) < 4.78 is 7.90. The van der Waals surface area contributed by atoms with Crippen LogP contribution in [0.15, 0.2) is 10.9 Å². The van der Waals surface area contributed by atoms with Crippen LogP contribution in [-0.4, -0.2) is 37.0 Å². The molecule has 0 bridgehead atoms. The molecule has 2 N–H and O–H groups in total. The van der Waals surface area contributed by atoms with Crippen molar-refractivity contribution in [3.05, 3.63) is 23.3 Å². The Kier molecular flexibility index (Phi) is 3.94. The number of nitrogens with zero attached hydrogens (tertiary/aromatic N) is 5. The number of nitrogen functional groups attached to an aromatic ring is 1. The molecule has 29 heavy (non-hydrogen) atoms. The lowest BCUT2D eigenvalue weighted by atomic mass is 10.0. The zero-order valence-corrected chi connectivity index (χ0v) is 17.3. The highest BCUT2D eigenvalue weighted by Gasteiger charge is 2.41. The van der Waals surface area contributed by atoms with Crippen molar-refractivity contribution in [1.82, 2.24) is 24.6 Å². The first kappa shape index (κ1) is 18.1. The molecule has 0 spiro atoms. The number of carbonyl (C=O) groups is 1. The molecule has 8 heteroatoms. The molecule has 3 aromatic heterocycles. The smallest absolute Gasteiger partial charge is 0.260 e. The second-order valence-corrected chi connectivity index (χ2v) is 8.87. The first-order valence-electron chi connectivity index (χ1n) is 10.3. The van der Waals surface area contributed by atoms with E-state index in [1.807, 2.05) is 4.90 Å². The van der Waals surface area contributed by atoms with E-state index in [1.165, 1.54) is 6.33 Å². The minimum absolute atomic E-state index is 0.00747. The number of fused-ring (bicyclic) bond motifs is 5. The van der Waals surface area contributed by atoms with Crippen LogP contribution >= 0.6 is 0 Å². The molecular formula is C21H26N6O2. The van der Waals surface area contributed by atoms with Crippen LogP contribution in [0.25, 0.3) is 22.3 Å². The molecule has 0 aromatic carbocycles. The molecule has 1 aliphatic heterocycles. The van der Waals surface area contributed by atoms with Crippen molar-refractivity contribution >= 4 is 22.8 Å². The molecule has 1 aliphatic carbocycles. The SMILES string of the molecule is CC(C)CN1Cc2c(c3c(N)ncnc3n2C(C)C)-c2noc(C3CC3)c2C1=O. The molecule has 4 heterocycles. The molecule has 5 rings (SSSR count). The van der Waals surface area contributed by atoms with E-state index in [4.69, 9.17) is 10.3 Å². The molecule has 2 aliphatic rings. The second kappa shape index (κ2) is 6.30. The van der Waals surface area contributed by atoms with E-state index in [9.17, 15) is 4.79 Å². The Morgan fingerprint density at radius 3 is 2.62 bits per heavy atom. The standard InChI is InChI=1S/C21H26N6O2/c1-10(2)7-26-8-13-14(15-19(22)23-9-24-20(15)27(13)11(3)4)17-16(21(26)28)18(29-25-17)12-5-6-12/h9-12H,5-8H2,1-4H3,(H2,22,23,24). The molecule has 0 unspecified atom stereocenters. The highest BCUT2D eigenvalue weighted by molar-refractivity contribution is 6.09. The third-order valence-electron chi connectivity index (χ3n) is 5.76. The lowest BCUT2D eigenvalue weighted by Crippen LogP contribution is -2.34. The largest absolute Gasteiger partial charge is 0.383 e. The highest BCUT2D eigenvalue weighted by atomic mass is 16.5. The predicted molar refractivity (Wildman–Crippen MR) is 109 cm³/mol. The summed E-state index contributed by atoms with van der Waals surface area (Å²) in [5.41, 5.74) is 10.1. The maximum atomic E-state index is 13.6. The number of hydrogen-bond donors (Lipinski definition) is 1. The van der Waals surface area contributed by atoms with Crippen LogP contribution in [0.1, 0.15) is 74.3 Å². The monoisotopic (exact) mass is 394 g/mol. The van der Waals surface area contributed by atoms with E-state index in [2.05, 4.69) is 47.4 Å². The average molecular weight is 394 g/mol. The summed E-state index contributed by atoms with van der Waals surface area (Å²) in [6.45, 7) is 9.61. The zero-order chi connectivity index (χ0) is 20.4. The number of amides is 1. The van der Waals surface area contributed by atoms with Crippen LogP contribution in [0, 0.1) is 5.92 Å². The normalized spacial score (nSPS) is 16.6. The fourth-order valence-electron chi connectivity index (χ4n) is 4.47. The van der Waals surface area contributed by atoms with Crippen LogP contribution < -0.4 is 5.73 Å². The third kappa shape index (κ3) is 2.65. The Hall–Kier alpha value is -2.90. The number of rotatable bonds is 4. The summed E-state index contributed by atoms with van der Waals surface area (Å²) in [5, 5.41) is 5.16. The maximum absolute atomic E-state index is 13.6. The van der Waals surface area contributed by atoms with E-state index in [0.29, 0.717) is 41.8 Å². The van der Waals surface area contributed by atoms with Crippen molar-refractivity contribution in [2.45, 2.75) is 59.0 Å². The zero-order valence-electron chi connectivity index (χ0n) is 17.3. The van der Waals surface area contributed by atoms with Gasteiger partial charge in [0.2, 0.25) is 0 Å². The molecule has 0 radical (unpaired) electrons. The van der Waals surface area contributed by atoms with Gasteiger partial charge in [-0.25, -0.2) is 9.97 Å². The van der Waals surface area contributed by atoms with Gasteiger partial charge < -0.3 is 19.7 Å². The lowest BCUT2D eigenvalue weighted by molar-refractivity contribution is 0.0719. The predicted octanol–water partition coefficient (Wildman–Crippen LogP) is 3.74. The molecule has 1 saturated carbocycles. The van der Waals surface area contributed by atoms with Crippen molar-refractivity contribution in [3.8, 4) is 11.3 Å². The molecule has 3 aromatic rings. The third-order valence-corrected chi connectivity index (χ3v) is 5.76. The quantitative estimate of drug-likeness (QED) is 0.723. The Bertz CT molecular complexity index is 1120. The van der Waals surface area contributed by atoms with Gasteiger partial charge in [-0.1, -0.05) is 19.0 Å². The summed E-state index contributed by atoms with van der Waals surface area (Å²) in [7, 11) is 0. The van der Waals surface area contributed by atoms with Crippen molar-refractivity contribution in [2.75, 3.05) is 12.3 Å². The van der Waals surface area contributed by atoms with Crippen molar-refractivity contribution < 1.29 is 9.32 Å². The molecule has 0 atom stereocenters. The summed E-state index contributed by atoms with van der Waals surface area (Å²) in [6.07, 6.45) is 3.56. The second-order valence-electron chi connectivity index (χ2n) is 8.87. The van der Waals surface area contributed by atoms with Gasteiger partial charge >= 0.3 is 0 Å². The van der Waals surface area contributed by atoms with E-state index in [1.54, 1.807) is 0 Å². The Labute approximate surface area is 169 Å². The molecule has 0 saturated heterocycles. The van der Waals surface area contributed by atoms with Gasteiger partial charge in [-0.3, -0.25) is 4.79 Å². The molecular weight excluding hydrogens is 368 g/mol. The van der Waals surface area contributed by atoms with Crippen LogP contribution in [0.5, 0.6) is 0 Å². The summed E-state index contributed by atoms with van der Waals surface area (Å²) in [5.74, 6) is 1.73. The van der Waals surface area contributed by atoms with Crippen LogP contribution in [0.2, 0.25) is 0 Å². The molecule has 1 fully saturated rings. The van der Waals surface area contributed by atoms with Gasteiger partial charge in [-0.05, 0) is 32.6 Å². The fraction of sp³-hybridized carbons (Fsp3) is 0.524. The highest BCUT2D eigenvalue weighted by Crippen LogP contribution is 2.48. The average Bonchev–Trinajstić information content (AvgIpc) is 3.33. The molecule has 1 amide bonds. The topological polar surface area (TPSA) is 103 Å². The van der Waals surface area contributed by atoms with Crippen molar-refractivity contribution in [2.24, 2.45) is 5.92 Å². The Morgan fingerprint density at radius 2 is 1.97 bits per heavy atom. The fourth-order valence-corrected chi connectivity index (χ4v) is 4.47. The minimum Gasteiger partial charge on any atom is -0.383 e. The minimum atomic E-state index is -0.00747. The van der Waals surface area contributed by atoms with Crippen LogP contribution in [-0.2, 0) is 6.54 Å². The van der Waals surface area contributed by atoms with Gasteiger partial charge in [0.1, 0.15) is 29.0 Å².